The van der Waals surface area contributed by atoms with Crippen LogP contribution < -0.4 is 0 Å². The molecular weight excluding hydrogens is 1220 g/mol. The van der Waals surface area contributed by atoms with Gasteiger partial charge in [-0.2, -0.15) is 0 Å². The van der Waals surface area contributed by atoms with Crippen molar-refractivity contribution in [2.45, 2.75) is 208 Å². The fourth-order valence-corrected chi connectivity index (χ4v) is 14.8. The van der Waals surface area contributed by atoms with Gasteiger partial charge < -0.3 is 76.2 Å². The lowest BCUT2D eigenvalue weighted by Gasteiger charge is -2.44. The molecule has 0 aromatic rings. The average molecular weight is 1300 g/mol. The van der Waals surface area contributed by atoms with Gasteiger partial charge in [0, 0.05) is 119 Å². The van der Waals surface area contributed by atoms with Crippen LogP contribution in [0.25, 0.3) is 0 Å². The summed E-state index contributed by atoms with van der Waals surface area (Å²) in [7, 11) is 0. The number of carbonyl (C=O) groups is 12. The monoisotopic (exact) mass is 1300 g/mol. The van der Waals surface area contributed by atoms with Crippen molar-refractivity contribution >= 4 is 107 Å². The molecule has 3 fully saturated rings. The van der Waals surface area contributed by atoms with Crippen LogP contribution in [-0.2, 0) is 129 Å². The van der Waals surface area contributed by atoms with E-state index in [0.29, 0.717) is 0 Å². The molecule has 3 saturated heterocycles. The van der Waals surface area contributed by atoms with Crippen molar-refractivity contribution in [3.05, 3.63) is 0 Å². The fraction of sp³-hybridized carbons (Fsp3) is 0.786. The SMILES string of the molecule is CC(=O)OC[C@H]1S[C@H](CCCOCC(CO)(COCCC[C@@H]2S[C@H](COC(C)=O)[C@@H](OC(C)=O)[C@H](OC(C)=O)[C@H]2OC(C)=O)COCCC[C@@H]2S[C@H](COC(C)=O)[C@@H](OC(C)=O)[C@H](OC(C)=O)[C@H]2OC(C)=O)[C@@H](OC(C)=O)[C@@H](OC(C)=O)[C@@H]1OC(C)=O. The molecule has 15 atom stereocenters. The van der Waals surface area contributed by atoms with Crippen molar-refractivity contribution in [1.82, 2.24) is 0 Å². The Balaban J connectivity index is 1.91. The highest BCUT2D eigenvalue weighted by molar-refractivity contribution is 8.01. The van der Waals surface area contributed by atoms with Crippen molar-refractivity contribution in [1.29, 1.82) is 0 Å². The van der Waals surface area contributed by atoms with E-state index in [4.69, 9.17) is 71.1 Å². The summed E-state index contributed by atoms with van der Waals surface area (Å²) in [5.74, 6) is -8.40. The quantitative estimate of drug-likeness (QED) is 0.0550. The van der Waals surface area contributed by atoms with Gasteiger partial charge in [0.15, 0.2) is 54.9 Å². The molecule has 0 saturated carbocycles. The maximum Gasteiger partial charge on any atom is 0.303 e. The summed E-state index contributed by atoms with van der Waals surface area (Å²) in [6, 6.07) is 0. The number of aliphatic hydroxyl groups is 1. The van der Waals surface area contributed by atoms with Crippen LogP contribution in [0, 0.1) is 5.41 Å². The Morgan fingerprint density at radius 3 is 0.678 bits per heavy atom. The van der Waals surface area contributed by atoms with Crippen molar-refractivity contribution in [3.8, 4) is 0 Å². The Morgan fingerprint density at radius 1 is 0.299 bits per heavy atom. The van der Waals surface area contributed by atoms with E-state index in [1.807, 2.05) is 0 Å². The van der Waals surface area contributed by atoms with Gasteiger partial charge in [-0.15, -0.1) is 35.3 Å². The molecule has 3 aliphatic rings. The molecule has 0 spiro atoms. The Labute approximate surface area is 518 Å². The zero-order valence-corrected chi connectivity index (χ0v) is 53.6. The van der Waals surface area contributed by atoms with Gasteiger partial charge in [-0.1, -0.05) is 0 Å². The third-order valence-corrected chi connectivity index (χ3v) is 18.0. The van der Waals surface area contributed by atoms with Gasteiger partial charge in [-0.25, -0.2) is 0 Å². The number of hydrogen-bond donors (Lipinski definition) is 1. The summed E-state index contributed by atoms with van der Waals surface area (Å²) in [4.78, 5) is 148. The maximum atomic E-state index is 12.5. The molecule has 31 heteroatoms. The Kier molecular flexibility index (Phi) is 33.2. The maximum absolute atomic E-state index is 12.5. The number of carbonyl (C=O) groups excluding carboxylic acids is 12. The first-order valence-corrected chi connectivity index (χ1v) is 31.0. The topological polar surface area (TPSA) is 364 Å². The van der Waals surface area contributed by atoms with Crippen LogP contribution in [0.2, 0.25) is 0 Å². The van der Waals surface area contributed by atoms with Gasteiger partial charge in [-0.3, -0.25) is 57.5 Å². The van der Waals surface area contributed by atoms with Gasteiger partial charge in [0.05, 0.1) is 47.6 Å². The number of rotatable bonds is 34. The second-order valence-electron chi connectivity index (χ2n) is 21.0. The fourth-order valence-electron chi connectivity index (χ4n) is 9.94. The first kappa shape index (κ1) is 75.8. The molecule has 0 aliphatic carbocycles. The number of hydrogen-bond acceptors (Lipinski definition) is 31. The van der Waals surface area contributed by atoms with Crippen LogP contribution in [0.15, 0.2) is 0 Å². The Morgan fingerprint density at radius 2 is 0.494 bits per heavy atom. The van der Waals surface area contributed by atoms with E-state index in [2.05, 4.69) is 0 Å². The molecule has 494 valence electrons. The van der Waals surface area contributed by atoms with Crippen molar-refractivity contribution in [2.75, 3.05) is 66.1 Å². The van der Waals surface area contributed by atoms with E-state index in [-0.39, 0.29) is 98.0 Å². The minimum atomic E-state index is -1.28. The van der Waals surface area contributed by atoms with Gasteiger partial charge in [0.2, 0.25) is 0 Å². The lowest BCUT2D eigenvalue weighted by atomic mass is 9.92. The van der Waals surface area contributed by atoms with Crippen LogP contribution in [-0.4, -0.2) is 229 Å². The first-order valence-electron chi connectivity index (χ1n) is 28.2. The van der Waals surface area contributed by atoms with E-state index < -0.39 is 170 Å². The van der Waals surface area contributed by atoms with Crippen molar-refractivity contribution < 1.29 is 134 Å². The molecule has 0 radical (unpaired) electrons. The lowest BCUT2D eigenvalue weighted by Crippen LogP contribution is -2.58. The summed E-state index contributed by atoms with van der Waals surface area (Å²) in [6.07, 6.45) is -9.09. The highest BCUT2D eigenvalue weighted by Gasteiger charge is 2.54. The van der Waals surface area contributed by atoms with Crippen LogP contribution >= 0.6 is 35.3 Å². The molecule has 3 aliphatic heterocycles. The summed E-state index contributed by atoms with van der Waals surface area (Å²) >= 11 is 3.64. The standard InChI is InChI=1S/C56H84O28S3/c1-29(58)73-22-44-50(79-35(7)64)53(82-38(10)67)47(76-32(4)61)41(85-44)16-13-19-70-26-56(25-57,27-71-20-14-17-42-48(77-33(5)62)54(83-39(11)68)51(80-36(8)65)45(86-42)23-74-30(2)59)28-72-21-15-18-43-49(78-34(6)63)55(84-40(12)69)52(81-37(9)66)46(87-43)24-75-31(3)60/h41-55,57H,13-28H2,1-12H3/t41-,42-,43+,44+,45+,46+,47-,48-,49+,50+,51+,52+,53+,54+,55+/m0/s1. The molecular formula is C56H84O28S3. The molecule has 3 heterocycles. The van der Waals surface area contributed by atoms with Gasteiger partial charge in [0.25, 0.3) is 0 Å². The number of ether oxygens (including phenoxy) is 15. The second kappa shape index (κ2) is 38.2. The zero-order chi connectivity index (χ0) is 65.1. The Hall–Kier alpha value is -5.47. The molecule has 0 aromatic heterocycles. The molecule has 0 bridgehead atoms. The number of thioether (sulfide) groups is 3. The lowest BCUT2D eigenvalue weighted by molar-refractivity contribution is -0.186. The van der Waals surface area contributed by atoms with Crippen LogP contribution in [0.3, 0.4) is 0 Å². The summed E-state index contributed by atoms with van der Waals surface area (Å²) < 4.78 is 85.4. The van der Waals surface area contributed by atoms with E-state index >= 15 is 0 Å². The normalized spacial score (nSPS) is 26.9. The van der Waals surface area contributed by atoms with Gasteiger partial charge >= 0.3 is 71.6 Å². The van der Waals surface area contributed by atoms with E-state index in [0.717, 1.165) is 41.5 Å². The molecule has 1 N–H and O–H groups in total. The number of aliphatic hydroxyl groups excluding tert-OH is 1. The molecule has 28 nitrogen and oxygen atoms in total. The van der Waals surface area contributed by atoms with Gasteiger partial charge in [0.1, 0.15) is 19.8 Å². The second-order valence-corrected chi connectivity index (χ2v) is 25.4. The molecule has 87 heavy (non-hydrogen) atoms. The van der Waals surface area contributed by atoms with E-state index in [1.165, 1.54) is 76.8 Å². The molecule has 3 rings (SSSR count). The molecule has 0 amide bonds. The van der Waals surface area contributed by atoms with Gasteiger partial charge in [-0.05, 0) is 38.5 Å². The van der Waals surface area contributed by atoms with Crippen LogP contribution in [0.1, 0.15) is 122 Å². The largest absolute Gasteiger partial charge is 0.465 e. The highest BCUT2D eigenvalue weighted by Crippen LogP contribution is 2.43. The summed E-state index contributed by atoms with van der Waals surface area (Å²) in [5.41, 5.74) is -1.26. The average Bonchev–Trinajstić information content (AvgIpc) is 0.985. The summed E-state index contributed by atoms with van der Waals surface area (Å²) in [5, 5.41) is 7.09. The predicted octanol–water partition coefficient (Wildman–Crippen LogP) is 2.88. The minimum Gasteiger partial charge on any atom is -0.465 e. The highest BCUT2D eigenvalue weighted by atomic mass is 32.2. The van der Waals surface area contributed by atoms with Crippen molar-refractivity contribution in [3.63, 3.8) is 0 Å². The van der Waals surface area contributed by atoms with E-state index in [1.54, 1.807) is 0 Å². The minimum absolute atomic E-state index is 0.0391. The van der Waals surface area contributed by atoms with Crippen molar-refractivity contribution in [2.24, 2.45) is 5.41 Å². The van der Waals surface area contributed by atoms with E-state index in [9.17, 15) is 62.6 Å². The molecule has 0 aromatic carbocycles. The number of esters is 12. The predicted molar refractivity (Wildman–Crippen MR) is 305 cm³/mol. The first-order chi connectivity index (χ1) is 40.9. The Bertz CT molecular complexity index is 2090. The summed E-state index contributed by atoms with van der Waals surface area (Å²) in [6.45, 7) is 12.4. The van der Waals surface area contributed by atoms with Crippen LogP contribution in [0.4, 0.5) is 0 Å². The third-order valence-electron chi connectivity index (χ3n) is 13.2. The molecule has 0 unspecified atom stereocenters. The van der Waals surface area contributed by atoms with Crippen LogP contribution in [0.5, 0.6) is 0 Å². The zero-order valence-electron chi connectivity index (χ0n) is 51.2. The smallest absolute Gasteiger partial charge is 0.303 e. The third kappa shape index (κ3) is 27.0.